The molecule has 4 nitrogen and oxygen atoms in total. The van der Waals surface area contributed by atoms with Crippen LogP contribution in [-0.2, 0) is 0 Å². The van der Waals surface area contributed by atoms with Gasteiger partial charge in [0.25, 0.3) is 5.91 Å². The van der Waals surface area contributed by atoms with Crippen molar-refractivity contribution in [3.63, 3.8) is 0 Å². The van der Waals surface area contributed by atoms with E-state index in [9.17, 15) is 4.79 Å². The van der Waals surface area contributed by atoms with Gasteiger partial charge in [-0.15, -0.1) is 0 Å². The summed E-state index contributed by atoms with van der Waals surface area (Å²) in [6.07, 6.45) is 3.25. The van der Waals surface area contributed by atoms with Gasteiger partial charge in [-0.2, -0.15) is 0 Å². The third-order valence-corrected chi connectivity index (χ3v) is 3.02. The number of para-hydroxylation sites is 1. The Balaban J connectivity index is 2.10. The van der Waals surface area contributed by atoms with Crippen molar-refractivity contribution in [2.45, 2.75) is 26.2 Å². The van der Waals surface area contributed by atoms with Gasteiger partial charge in [0.2, 0.25) is 0 Å². The Labute approximate surface area is 112 Å². The quantitative estimate of drug-likeness (QED) is 0.811. The van der Waals surface area contributed by atoms with Crippen molar-refractivity contribution in [3.8, 4) is 5.75 Å². The number of hydrogen-bond donors (Lipinski definition) is 1. The molecule has 0 radical (unpaired) electrons. The zero-order valence-electron chi connectivity index (χ0n) is 11.4. The SMILES string of the molecule is CCCCCNC(=O)c1cc2cccc(OC)c2o1. The molecule has 0 unspecified atom stereocenters. The summed E-state index contributed by atoms with van der Waals surface area (Å²) in [5.74, 6) is 0.799. The maximum Gasteiger partial charge on any atom is 0.287 e. The van der Waals surface area contributed by atoms with E-state index in [0.29, 0.717) is 23.6 Å². The van der Waals surface area contributed by atoms with Crippen LogP contribution < -0.4 is 10.1 Å². The molecule has 0 bridgehead atoms. The second kappa shape index (κ2) is 6.27. The fourth-order valence-electron chi connectivity index (χ4n) is 1.97. The summed E-state index contributed by atoms with van der Waals surface area (Å²) in [5.41, 5.74) is 0.615. The number of carbonyl (C=O) groups is 1. The first-order valence-corrected chi connectivity index (χ1v) is 6.61. The zero-order valence-corrected chi connectivity index (χ0v) is 11.4. The number of unbranched alkanes of at least 4 members (excludes halogenated alkanes) is 2. The summed E-state index contributed by atoms with van der Waals surface area (Å²) in [6.45, 7) is 2.81. The lowest BCUT2D eigenvalue weighted by Crippen LogP contribution is -2.23. The summed E-state index contributed by atoms with van der Waals surface area (Å²) >= 11 is 0. The Bertz CT molecular complexity index is 560. The minimum absolute atomic E-state index is 0.172. The van der Waals surface area contributed by atoms with Gasteiger partial charge in [-0.05, 0) is 18.6 Å². The molecule has 1 heterocycles. The van der Waals surface area contributed by atoms with Crippen molar-refractivity contribution in [3.05, 3.63) is 30.0 Å². The first-order chi connectivity index (χ1) is 9.26. The molecule has 1 aromatic carbocycles. The Hall–Kier alpha value is -1.97. The van der Waals surface area contributed by atoms with Gasteiger partial charge in [0.05, 0.1) is 7.11 Å². The number of hydrogen-bond acceptors (Lipinski definition) is 3. The molecule has 4 heteroatoms. The molecule has 0 aliphatic carbocycles. The summed E-state index contributed by atoms with van der Waals surface area (Å²) in [7, 11) is 1.59. The van der Waals surface area contributed by atoms with Crippen LogP contribution in [0.15, 0.2) is 28.7 Å². The molecule has 0 spiro atoms. The number of methoxy groups -OCH3 is 1. The summed E-state index contributed by atoms with van der Waals surface area (Å²) < 4.78 is 10.8. The second-order valence-corrected chi connectivity index (χ2v) is 4.45. The smallest absolute Gasteiger partial charge is 0.287 e. The normalized spacial score (nSPS) is 10.6. The third kappa shape index (κ3) is 3.08. The summed E-state index contributed by atoms with van der Waals surface area (Å²) in [4.78, 5) is 11.9. The van der Waals surface area contributed by atoms with Gasteiger partial charge in [-0.3, -0.25) is 4.79 Å². The standard InChI is InChI=1S/C15H19NO3/c1-3-4-5-9-16-15(17)13-10-11-7-6-8-12(18-2)14(11)19-13/h6-8,10H,3-5,9H2,1-2H3,(H,16,17). The highest BCUT2D eigenvalue weighted by atomic mass is 16.5. The molecule has 0 atom stereocenters. The lowest BCUT2D eigenvalue weighted by atomic mass is 10.2. The topological polar surface area (TPSA) is 51.5 Å². The van der Waals surface area contributed by atoms with Crippen molar-refractivity contribution in [1.29, 1.82) is 0 Å². The van der Waals surface area contributed by atoms with Crippen molar-refractivity contribution in [1.82, 2.24) is 5.32 Å². The van der Waals surface area contributed by atoms with Crippen molar-refractivity contribution < 1.29 is 13.9 Å². The summed E-state index contributed by atoms with van der Waals surface area (Å²) in [6, 6.07) is 7.33. The van der Waals surface area contributed by atoms with Gasteiger partial charge in [0.1, 0.15) is 0 Å². The Morgan fingerprint density at radius 3 is 2.95 bits per heavy atom. The lowest BCUT2D eigenvalue weighted by Gasteiger charge is -2.01. The molecule has 1 aromatic heterocycles. The molecular formula is C15H19NO3. The van der Waals surface area contributed by atoms with Gasteiger partial charge in [0, 0.05) is 11.9 Å². The second-order valence-electron chi connectivity index (χ2n) is 4.45. The number of carbonyl (C=O) groups excluding carboxylic acids is 1. The molecule has 0 aliphatic rings. The number of furan rings is 1. The minimum Gasteiger partial charge on any atom is -0.493 e. The van der Waals surface area contributed by atoms with E-state index in [2.05, 4.69) is 12.2 Å². The van der Waals surface area contributed by atoms with Crippen LogP contribution in [-0.4, -0.2) is 19.6 Å². The third-order valence-electron chi connectivity index (χ3n) is 3.02. The fraction of sp³-hybridized carbons (Fsp3) is 0.400. The highest BCUT2D eigenvalue weighted by molar-refractivity contribution is 5.97. The average Bonchev–Trinajstić information content (AvgIpc) is 2.87. The van der Waals surface area contributed by atoms with Crippen LogP contribution in [0.4, 0.5) is 0 Å². The molecule has 102 valence electrons. The van der Waals surface area contributed by atoms with Gasteiger partial charge >= 0.3 is 0 Å². The van der Waals surface area contributed by atoms with Crippen molar-refractivity contribution in [2.75, 3.05) is 13.7 Å². The van der Waals surface area contributed by atoms with Crippen LogP contribution >= 0.6 is 0 Å². The van der Waals surface area contributed by atoms with E-state index in [4.69, 9.17) is 9.15 Å². The summed E-state index contributed by atoms with van der Waals surface area (Å²) in [5, 5.41) is 3.73. The highest BCUT2D eigenvalue weighted by Gasteiger charge is 2.13. The Kier molecular flexibility index (Phi) is 4.44. The molecule has 0 saturated carbocycles. The van der Waals surface area contributed by atoms with E-state index in [-0.39, 0.29) is 5.91 Å². The average molecular weight is 261 g/mol. The van der Waals surface area contributed by atoms with E-state index in [1.807, 2.05) is 18.2 Å². The molecule has 1 amide bonds. The molecule has 2 aromatic rings. The van der Waals surface area contributed by atoms with E-state index in [1.54, 1.807) is 13.2 Å². The fourth-order valence-corrected chi connectivity index (χ4v) is 1.97. The number of benzene rings is 1. The van der Waals surface area contributed by atoms with E-state index in [0.717, 1.165) is 24.6 Å². The van der Waals surface area contributed by atoms with Crippen LogP contribution in [0.1, 0.15) is 36.7 Å². The van der Waals surface area contributed by atoms with Crippen molar-refractivity contribution in [2.24, 2.45) is 0 Å². The van der Waals surface area contributed by atoms with Gasteiger partial charge in [-0.25, -0.2) is 0 Å². The molecule has 0 fully saturated rings. The first kappa shape index (κ1) is 13.5. The van der Waals surface area contributed by atoms with E-state index >= 15 is 0 Å². The molecule has 1 N–H and O–H groups in total. The maximum atomic E-state index is 11.9. The van der Waals surface area contributed by atoms with Crippen molar-refractivity contribution >= 4 is 16.9 Å². The molecule has 19 heavy (non-hydrogen) atoms. The minimum atomic E-state index is -0.172. The highest BCUT2D eigenvalue weighted by Crippen LogP contribution is 2.28. The zero-order chi connectivity index (χ0) is 13.7. The lowest BCUT2D eigenvalue weighted by molar-refractivity contribution is 0.0927. The van der Waals surface area contributed by atoms with Crippen LogP contribution in [0.5, 0.6) is 5.75 Å². The maximum absolute atomic E-state index is 11.9. The van der Waals surface area contributed by atoms with Gasteiger partial charge in [-0.1, -0.05) is 31.9 Å². The largest absolute Gasteiger partial charge is 0.493 e. The van der Waals surface area contributed by atoms with Crippen LogP contribution in [0.2, 0.25) is 0 Å². The molecular weight excluding hydrogens is 242 g/mol. The molecule has 2 rings (SSSR count). The predicted molar refractivity (Wildman–Crippen MR) is 74.6 cm³/mol. The van der Waals surface area contributed by atoms with Crippen LogP contribution in [0.25, 0.3) is 11.0 Å². The number of rotatable bonds is 6. The van der Waals surface area contributed by atoms with Crippen LogP contribution in [0.3, 0.4) is 0 Å². The number of nitrogens with one attached hydrogen (secondary N) is 1. The monoisotopic (exact) mass is 261 g/mol. The van der Waals surface area contributed by atoms with Gasteiger partial charge < -0.3 is 14.5 Å². The van der Waals surface area contributed by atoms with E-state index < -0.39 is 0 Å². The molecule has 0 saturated heterocycles. The Morgan fingerprint density at radius 1 is 1.37 bits per heavy atom. The number of ether oxygens (including phenoxy) is 1. The number of fused-ring (bicyclic) bond motifs is 1. The Morgan fingerprint density at radius 2 is 2.21 bits per heavy atom. The number of amides is 1. The van der Waals surface area contributed by atoms with Gasteiger partial charge in [0.15, 0.2) is 17.1 Å². The first-order valence-electron chi connectivity index (χ1n) is 6.61. The van der Waals surface area contributed by atoms with E-state index in [1.165, 1.54) is 0 Å². The van der Waals surface area contributed by atoms with Crippen LogP contribution in [0, 0.1) is 0 Å². The predicted octanol–water partition coefficient (Wildman–Crippen LogP) is 3.36. The molecule has 0 aliphatic heterocycles.